The van der Waals surface area contributed by atoms with Crippen molar-refractivity contribution in [2.45, 2.75) is 0 Å². The van der Waals surface area contributed by atoms with Gasteiger partial charge < -0.3 is 47.7 Å². The first-order valence-corrected chi connectivity index (χ1v) is 14.2. The smallest absolute Gasteiger partial charge is 0.480 e. The number of nitrogens with zero attached hydrogens (tertiary/aromatic N) is 2. The molecule has 0 atom stereocenters. The maximum atomic E-state index is 11.3. The fourth-order valence-corrected chi connectivity index (χ4v) is 2.61. The van der Waals surface area contributed by atoms with Crippen LogP contribution in [0.4, 0.5) is 21.0 Å². The van der Waals surface area contributed by atoms with Gasteiger partial charge in [-0.3, -0.25) is 20.2 Å². The molecule has 47 heavy (non-hydrogen) atoms. The lowest BCUT2D eigenvalue weighted by Crippen LogP contribution is -2.19. The van der Waals surface area contributed by atoms with Gasteiger partial charge in [-0.2, -0.15) is 0 Å². The highest BCUT2D eigenvalue weighted by Gasteiger charge is 2.11. The number of halogens is 1. The van der Waals surface area contributed by atoms with E-state index in [4.69, 9.17) is 24.1 Å². The highest BCUT2D eigenvalue weighted by atomic mass is 127. The number of hydrogen-bond donors (Lipinski definition) is 1. The van der Waals surface area contributed by atoms with E-state index in [0.717, 1.165) is 0 Å². The number of benzene rings is 2. The van der Waals surface area contributed by atoms with Gasteiger partial charge in [-0.25, -0.2) is 19.2 Å². The third kappa shape index (κ3) is 23.3. The first-order chi connectivity index (χ1) is 22.4. The van der Waals surface area contributed by atoms with Gasteiger partial charge in [-0.1, -0.05) is 0 Å². The molecule has 260 valence electrons. The highest BCUT2D eigenvalue weighted by molar-refractivity contribution is 14.1. The van der Waals surface area contributed by atoms with E-state index in [2.05, 4.69) is 23.7 Å². The number of rotatable bonds is 17. The van der Waals surface area contributed by atoms with Crippen LogP contribution in [0.15, 0.2) is 48.5 Å². The quantitative estimate of drug-likeness (QED) is 0.0352. The number of esters is 1. The van der Waals surface area contributed by atoms with Crippen LogP contribution in [0.2, 0.25) is 0 Å². The number of carbonyl (C=O) groups excluding carboxylic acids is 3. The van der Waals surface area contributed by atoms with Crippen molar-refractivity contribution in [2.75, 3.05) is 65.3 Å². The Morgan fingerprint density at radius 3 is 1.49 bits per heavy atom. The summed E-state index contributed by atoms with van der Waals surface area (Å²) in [6.07, 6.45) is -1.95. The molecule has 0 aliphatic carbocycles. The van der Waals surface area contributed by atoms with E-state index < -0.39 is 40.9 Å². The van der Waals surface area contributed by atoms with Gasteiger partial charge >= 0.3 is 24.2 Å². The van der Waals surface area contributed by atoms with Crippen LogP contribution in [0.5, 0.6) is 11.5 Å². The highest BCUT2D eigenvalue weighted by Crippen LogP contribution is 2.18. The Morgan fingerprint density at radius 1 is 0.681 bits per heavy atom. The minimum absolute atomic E-state index is 0.0508. The van der Waals surface area contributed by atoms with E-state index in [0.29, 0.717) is 19.8 Å². The zero-order chi connectivity index (χ0) is 35.5. The molecule has 0 saturated heterocycles. The minimum atomic E-state index is -1.12. The van der Waals surface area contributed by atoms with Gasteiger partial charge in [-0.05, 0) is 46.9 Å². The van der Waals surface area contributed by atoms with E-state index in [-0.39, 0.29) is 47.3 Å². The van der Waals surface area contributed by atoms with Gasteiger partial charge in [0, 0.05) is 38.5 Å². The summed E-state index contributed by atoms with van der Waals surface area (Å²) in [5.74, 6) is -1.42. The lowest BCUT2D eigenvalue weighted by Gasteiger charge is -2.07. The summed E-state index contributed by atoms with van der Waals surface area (Å²) in [4.78, 5) is 62.7. The summed E-state index contributed by atoms with van der Waals surface area (Å²) in [7, 11) is 3.02. The molecule has 0 radical (unpaired) electrons. The lowest BCUT2D eigenvalue weighted by molar-refractivity contribution is -0.385. The summed E-state index contributed by atoms with van der Waals surface area (Å²) in [6.45, 7) is 0.155. The van der Waals surface area contributed by atoms with Gasteiger partial charge in [-0.15, -0.1) is 0 Å². The number of non-ortho nitro benzene ring substituents is 2. The maximum absolute atomic E-state index is 11.3. The van der Waals surface area contributed by atoms with Crippen molar-refractivity contribution < 1.29 is 76.8 Å². The van der Waals surface area contributed by atoms with Crippen molar-refractivity contribution in [2.24, 2.45) is 0 Å². The molecule has 1 N–H and O–H groups in total. The normalized spacial score (nSPS) is 9.68. The summed E-state index contributed by atoms with van der Waals surface area (Å²) in [5.41, 5.74) is -0.210. The Kier molecular flexibility index (Phi) is 23.8. The molecule has 20 nitrogen and oxygen atoms in total. The zero-order valence-corrected chi connectivity index (χ0v) is 27.1. The molecule has 2 aromatic rings. The van der Waals surface area contributed by atoms with Crippen molar-refractivity contribution in [1.29, 1.82) is 0 Å². The molecule has 2 rings (SSSR count). The molecule has 0 saturated carbocycles. The molecule has 0 aromatic heterocycles. The van der Waals surface area contributed by atoms with E-state index >= 15 is 0 Å². The Labute approximate surface area is 280 Å². The number of carboxylic acid groups (broad SMARTS) is 1. The Hall–Kier alpha value is -4.71. The van der Waals surface area contributed by atoms with Crippen molar-refractivity contribution >= 4 is 58.2 Å². The second-order valence-corrected chi connectivity index (χ2v) is 8.35. The number of nitro benzene ring substituents is 2. The second kappa shape index (κ2) is 26.5. The van der Waals surface area contributed by atoms with E-state index in [1.54, 1.807) is 0 Å². The monoisotopic (exact) mass is 786 g/mol. The van der Waals surface area contributed by atoms with Crippen molar-refractivity contribution in [3.8, 4) is 11.5 Å². The van der Waals surface area contributed by atoms with Crippen LogP contribution in [0, 0.1) is 20.2 Å². The largest absolute Gasteiger partial charge is 0.516 e. The van der Waals surface area contributed by atoms with Crippen LogP contribution in [0.1, 0.15) is 0 Å². The maximum Gasteiger partial charge on any atom is 0.516 e. The van der Waals surface area contributed by atoms with Gasteiger partial charge in [0.2, 0.25) is 6.79 Å². The number of methoxy groups -OCH3 is 2. The number of alkyl halides is 1. The second-order valence-electron chi connectivity index (χ2n) is 7.72. The lowest BCUT2D eigenvalue weighted by atomic mass is 10.3. The molecule has 0 aliphatic heterocycles. The molecule has 0 aliphatic rings. The number of carboxylic acids is 1. The number of aliphatic carboxylic acids is 1. The summed E-state index contributed by atoms with van der Waals surface area (Å²) < 4.78 is 42.0. The Bertz CT molecular complexity index is 1240. The first-order valence-electron chi connectivity index (χ1n) is 12.7. The Morgan fingerprint density at radius 2 is 1.11 bits per heavy atom. The van der Waals surface area contributed by atoms with Crippen LogP contribution >= 0.6 is 22.6 Å². The third-order valence-electron chi connectivity index (χ3n) is 4.38. The molecule has 0 amide bonds. The molecule has 21 heteroatoms. The van der Waals surface area contributed by atoms with Crippen LogP contribution in [0.25, 0.3) is 0 Å². The molecule has 0 fully saturated rings. The summed E-state index contributed by atoms with van der Waals surface area (Å²) in [6, 6.07) is 9.93. The fraction of sp³-hybridized carbons (Fsp3) is 0.385. The first kappa shape index (κ1) is 42.3. The van der Waals surface area contributed by atoms with Gasteiger partial charge in [0.15, 0.2) is 0 Å². The van der Waals surface area contributed by atoms with Crippen LogP contribution in [-0.2, 0) is 42.7 Å². The standard InChI is InChI=1S/C13H15NO9.C8H6INO5.C5H10O4/c1-19-6-7-20-8-12(15)21-9-22-13(16)23-11-4-2-10(3-5-11)14(17)18;9-5-14-8(11)15-7-3-1-6(2-4-7)10(12)13;1-8-2-3-9-4-5(6)7/h2-5H,6-9H2,1H3;1-4H,5H2;2-4H2,1H3,(H,6,7). The SMILES string of the molecule is COCCOCC(=O)O.COCCOCC(=O)OCOC(=O)Oc1ccc([N+](=O)[O-])cc1.O=C(OCI)Oc1ccc([N+](=O)[O-])cc1. The van der Waals surface area contributed by atoms with Crippen molar-refractivity contribution in [3.63, 3.8) is 0 Å². The van der Waals surface area contributed by atoms with E-state index in [9.17, 15) is 39.4 Å². The van der Waals surface area contributed by atoms with Gasteiger partial charge in [0.1, 0.15) is 29.3 Å². The molecule has 2 aromatic carbocycles. The summed E-state index contributed by atoms with van der Waals surface area (Å²) >= 11 is 1.85. The van der Waals surface area contributed by atoms with Gasteiger partial charge in [0.05, 0.1) is 36.3 Å². The van der Waals surface area contributed by atoms with Gasteiger partial charge in [0.25, 0.3) is 11.4 Å². The number of carbonyl (C=O) groups is 4. The number of hydrogen-bond acceptors (Lipinski definition) is 17. The predicted octanol–water partition coefficient (Wildman–Crippen LogP) is 3.51. The molecule has 0 unspecified atom stereocenters. The average Bonchev–Trinajstić information content (AvgIpc) is 3.02. The van der Waals surface area contributed by atoms with E-state index in [1.165, 1.54) is 62.8 Å². The molecule has 0 bridgehead atoms. The topological polar surface area (TPSA) is 258 Å². The number of nitro groups is 2. The van der Waals surface area contributed by atoms with Crippen LogP contribution in [0.3, 0.4) is 0 Å². The molecular formula is C26H31IN2O18. The van der Waals surface area contributed by atoms with Crippen LogP contribution in [-0.4, -0.2) is 104 Å². The third-order valence-corrected chi connectivity index (χ3v) is 4.69. The molecular weight excluding hydrogens is 755 g/mol. The van der Waals surface area contributed by atoms with Crippen molar-refractivity contribution in [3.05, 3.63) is 68.8 Å². The van der Waals surface area contributed by atoms with Crippen molar-refractivity contribution in [1.82, 2.24) is 0 Å². The summed E-state index contributed by atoms with van der Waals surface area (Å²) in [5, 5.41) is 28.8. The van der Waals surface area contributed by atoms with Crippen LogP contribution < -0.4 is 9.47 Å². The number of ether oxygens (including phenoxy) is 9. The molecule has 0 heterocycles. The van der Waals surface area contributed by atoms with E-state index in [1.807, 2.05) is 22.6 Å². The average molecular weight is 786 g/mol. The fourth-order valence-electron chi connectivity index (χ4n) is 2.35. The minimum Gasteiger partial charge on any atom is -0.480 e. The zero-order valence-electron chi connectivity index (χ0n) is 24.9. The Balaban J connectivity index is 0.000000753. The molecule has 0 spiro atoms. The predicted molar refractivity (Wildman–Crippen MR) is 163 cm³/mol.